The lowest BCUT2D eigenvalue weighted by atomic mass is 10.2. The molecule has 1 saturated heterocycles. The molecular weight excluding hydrogens is 340 g/mol. The molecule has 0 aromatic rings. The van der Waals surface area contributed by atoms with Crippen molar-refractivity contribution in [3.8, 4) is 0 Å². The highest BCUT2D eigenvalue weighted by Gasteiger charge is 2.20. The largest absolute Gasteiger partial charge is 0.389 e. The number of aliphatic hydroxyl groups is 1. The maximum atomic E-state index is 12.1. The number of carbonyl (C=O) groups is 1. The third-order valence-electron chi connectivity index (χ3n) is 3.32. The molecule has 0 spiro atoms. The summed E-state index contributed by atoms with van der Waals surface area (Å²) in [6.07, 6.45) is 0.00443. The fourth-order valence-electron chi connectivity index (χ4n) is 2.15. The first-order valence-corrected chi connectivity index (χ1v) is 9.07. The first-order chi connectivity index (χ1) is 10.5. The maximum Gasteiger partial charge on any atom is 0.223 e. The zero-order chi connectivity index (χ0) is 16.4. The Morgan fingerprint density at radius 3 is 2.78 bits per heavy atom. The monoisotopic (exact) mass is 370 g/mol. The van der Waals surface area contributed by atoms with Gasteiger partial charge in [-0.15, -0.1) is 12.4 Å². The van der Waals surface area contributed by atoms with Gasteiger partial charge in [0.05, 0.1) is 32.0 Å². The zero-order valence-corrected chi connectivity index (χ0v) is 16.0. The number of hydrogen-bond acceptors (Lipinski definition) is 6. The highest BCUT2D eigenvalue weighted by atomic mass is 35.5. The molecule has 1 amide bonds. The maximum absolute atomic E-state index is 12.1. The Bertz CT molecular complexity index is 318. The molecule has 0 aromatic carbocycles. The summed E-state index contributed by atoms with van der Waals surface area (Å²) in [4.78, 5) is 13.7. The van der Waals surface area contributed by atoms with E-state index in [0.717, 1.165) is 18.1 Å². The summed E-state index contributed by atoms with van der Waals surface area (Å²) in [7, 11) is 1.73. The fraction of sp³-hybridized carbons (Fsp3) is 0.933. The average molecular weight is 371 g/mol. The van der Waals surface area contributed by atoms with E-state index in [1.807, 2.05) is 25.6 Å². The van der Waals surface area contributed by atoms with E-state index in [9.17, 15) is 9.90 Å². The Morgan fingerprint density at radius 2 is 2.17 bits per heavy atom. The van der Waals surface area contributed by atoms with Crippen LogP contribution in [0.25, 0.3) is 0 Å². The number of aliphatic hydroxyl groups excluding tert-OH is 1. The first-order valence-electron chi connectivity index (χ1n) is 7.91. The van der Waals surface area contributed by atoms with Crippen molar-refractivity contribution < 1.29 is 19.4 Å². The van der Waals surface area contributed by atoms with Gasteiger partial charge in [-0.25, -0.2) is 0 Å². The van der Waals surface area contributed by atoms with Gasteiger partial charge < -0.3 is 24.8 Å². The summed E-state index contributed by atoms with van der Waals surface area (Å²) in [5.74, 6) is 2.14. The molecular formula is C15H31ClN2O4S. The van der Waals surface area contributed by atoms with Gasteiger partial charge in [0, 0.05) is 44.1 Å². The standard InChI is InChI=1S/C15H30N2O4S.ClH/c1-12(2)21-6-5-20-10-14(18)9-17(3)15(19)8-13-11-22-7-4-16-13;/h12-14,16,18H,4-11H2,1-3H3;1H. The predicted octanol–water partition coefficient (Wildman–Crippen LogP) is 0.764. The van der Waals surface area contributed by atoms with Crippen molar-refractivity contribution in [1.29, 1.82) is 0 Å². The molecule has 1 aliphatic rings. The van der Waals surface area contributed by atoms with Crippen LogP contribution in [0.2, 0.25) is 0 Å². The number of carbonyl (C=O) groups excluding carboxylic acids is 1. The molecule has 0 bridgehead atoms. The van der Waals surface area contributed by atoms with Gasteiger partial charge >= 0.3 is 0 Å². The van der Waals surface area contributed by atoms with E-state index in [-0.39, 0.29) is 37.1 Å². The van der Waals surface area contributed by atoms with E-state index in [1.54, 1.807) is 11.9 Å². The van der Waals surface area contributed by atoms with Gasteiger partial charge in [-0.1, -0.05) is 0 Å². The minimum absolute atomic E-state index is 0. The van der Waals surface area contributed by atoms with Gasteiger partial charge in [0.2, 0.25) is 5.91 Å². The number of amides is 1. The number of rotatable bonds is 10. The minimum Gasteiger partial charge on any atom is -0.389 e. The van der Waals surface area contributed by atoms with Gasteiger partial charge in [0.15, 0.2) is 0 Å². The summed E-state index contributed by atoms with van der Waals surface area (Å²) in [6.45, 7) is 6.38. The number of nitrogens with one attached hydrogen (secondary N) is 1. The molecule has 2 atom stereocenters. The molecule has 1 fully saturated rings. The Balaban J connectivity index is 0.00000484. The van der Waals surface area contributed by atoms with Crippen molar-refractivity contribution in [2.75, 3.05) is 51.5 Å². The summed E-state index contributed by atoms with van der Waals surface area (Å²) in [5.41, 5.74) is 0. The van der Waals surface area contributed by atoms with Crippen LogP contribution in [0, 0.1) is 0 Å². The summed E-state index contributed by atoms with van der Waals surface area (Å²) >= 11 is 1.87. The van der Waals surface area contributed by atoms with Gasteiger partial charge in [-0.05, 0) is 13.8 Å². The minimum atomic E-state index is -0.665. The molecule has 0 aromatic heterocycles. The number of halogens is 1. The number of ether oxygens (including phenoxy) is 2. The summed E-state index contributed by atoms with van der Waals surface area (Å²) in [6, 6.07) is 0.246. The Labute approximate surface area is 150 Å². The van der Waals surface area contributed by atoms with Crippen LogP contribution in [0.3, 0.4) is 0 Å². The summed E-state index contributed by atoms with van der Waals surface area (Å²) in [5, 5.41) is 13.2. The second kappa shape index (κ2) is 13.3. The normalized spacial score (nSPS) is 19.3. The topological polar surface area (TPSA) is 71.0 Å². The highest BCUT2D eigenvalue weighted by molar-refractivity contribution is 7.99. The van der Waals surface area contributed by atoms with Crippen molar-refractivity contribution in [3.05, 3.63) is 0 Å². The Hall–Kier alpha value is -0.0500. The Kier molecular flexibility index (Phi) is 13.2. The van der Waals surface area contributed by atoms with Crippen molar-refractivity contribution in [1.82, 2.24) is 10.2 Å². The van der Waals surface area contributed by atoms with Crippen LogP contribution in [0.4, 0.5) is 0 Å². The number of hydrogen-bond donors (Lipinski definition) is 2. The fourth-order valence-corrected chi connectivity index (χ4v) is 3.10. The lowest BCUT2D eigenvalue weighted by molar-refractivity contribution is -0.132. The summed E-state index contributed by atoms with van der Waals surface area (Å²) < 4.78 is 10.7. The van der Waals surface area contributed by atoms with Crippen molar-refractivity contribution in [2.45, 2.75) is 38.5 Å². The smallest absolute Gasteiger partial charge is 0.223 e. The molecule has 23 heavy (non-hydrogen) atoms. The molecule has 0 aliphatic carbocycles. The third-order valence-corrected chi connectivity index (χ3v) is 4.45. The zero-order valence-electron chi connectivity index (χ0n) is 14.3. The van der Waals surface area contributed by atoms with Gasteiger partial charge in [0.25, 0.3) is 0 Å². The number of thioether (sulfide) groups is 1. The highest BCUT2D eigenvalue weighted by Crippen LogP contribution is 2.11. The molecule has 138 valence electrons. The van der Waals surface area contributed by atoms with Crippen LogP contribution < -0.4 is 5.32 Å². The van der Waals surface area contributed by atoms with Gasteiger partial charge in [0.1, 0.15) is 0 Å². The van der Waals surface area contributed by atoms with Crippen LogP contribution in [0.5, 0.6) is 0 Å². The van der Waals surface area contributed by atoms with E-state index in [1.165, 1.54) is 0 Å². The van der Waals surface area contributed by atoms with E-state index in [2.05, 4.69) is 5.32 Å². The quantitative estimate of drug-likeness (QED) is 0.553. The second-order valence-corrected chi connectivity index (χ2v) is 7.00. The van der Waals surface area contributed by atoms with Crippen molar-refractivity contribution >= 4 is 30.1 Å². The van der Waals surface area contributed by atoms with Crippen LogP contribution in [0.1, 0.15) is 20.3 Å². The average Bonchev–Trinajstić information content (AvgIpc) is 2.47. The molecule has 1 heterocycles. The van der Waals surface area contributed by atoms with Crippen LogP contribution >= 0.6 is 24.2 Å². The second-order valence-electron chi connectivity index (χ2n) is 5.85. The molecule has 8 heteroatoms. The molecule has 6 nitrogen and oxygen atoms in total. The Morgan fingerprint density at radius 1 is 1.43 bits per heavy atom. The molecule has 2 unspecified atom stereocenters. The lowest BCUT2D eigenvalue weighted by Gasteiger charge is -2.26. The van der Waals surface area contributed by atoms with E-state index < -0.39 is 6.10 Å². The van der Waals surface area contributed by atoms with Crippen molar-refractivity contribution in [2.24, 2.45) is 0 Å². The SMILES string of the molecule is CC(C)OCCOCC(O)CN(C)C(=O)CC1CSCCN1.Cl. The number of nitrogens with zero attached hydrogens (tertiary/aromatic N) is 1. The molecule has 0 radical (unpaired) electrons. The molecule has 0 saturated carbocycles. The van der Waals surface area contributed by atoms with Gasteiger partial charge in [-0.2, -0.15) is 11.8 Å². The van der Waals surface area contributed by atoms with Crippen LogP contribution in [-0.2, 0) is 14.3 Å². The lowest BCUT2D eigenvalue weighted by Crippen LogP contribution is -2.43. The molecule has 1 aliphatic heterocycles. The van der Waals surface area contributed by atoms with E-state index in [4.69, 9.17) is 9.47 Å². The van der Waals surface area contributed by atoms with Crippen molar-refractivity contribution in [3.63, 3.8) is 0 Å². The predicted molar refractivity (Wildman–Crippen MR) is 96.5 cm³/mol. The molecule has 2 N–H and O–H groups in total. The van der Waals surface area contributed by atoms with Crippen LogP contribution in [0.15, 0.2) is 0 Å². The number of likely N-dealkylation sites (N-methyl/N-ethyl adjacent to an activating group) is 1. The van der Waals surface area contributed by atoms with Gasteiger partial charge in [-0.3, -0.25) is 4.79 Å². The molecule has 1 rings (SSSR count). The van der Waals surface area contributed by atoms with E-state index in [0.29, 0.717) is 26.2 Å². The first kappa shape index (κ1) is 22.9. The third kappa shape index (κ3) is 11.2. The van der Waals surface area contributed by atoms with Crippen LogP contribution in [-0.4, -0.2) is 85.6 Å². The van der Waals surface area contributed by atoms with E-state index >= 15 is 0 Å².